The average Bonchev–Trinajstić information content (AvgIpc) is 3.23. The summed E-state index contributed by atoms with van der Waals surface area (Å²) in [7, 11) is 0. The van der Waals surface area contributed by atoms with Gasteiger partial charge < -0.3 is 13.9 Å². The second-order valence-electron chi connectivity index (χ2n) is 5.95. The van der Waals surface area contributed by atoms with Crippen molar-refractivity contribution in [1.82, 2.24) is 5.43 Å². The van der Waals surface area contributed by atoms with Crippen molar-refractivity contribution in [2.24, 2.45) is 5.10 Å². The topological polar surface area (TPSA) is 90.1 Å². The predicted octanol–water partition coefficient (Wildman–Crippen LogP) is 4.10. The van der Waals surface area contributed by atoms with E-state index in [2.05, 4.69) is 26.5 Å². The van der Waals surface area contributed by atoms with E-state index in [0.717, 1.165) is 10.0 Å². The van der Waals surface area contributed by atoms with Crippen LogP contribution in [0.3, 0.4) is 0 Å². The Kier molecular flexibility index (Phi) is 6.80. The highest BCUT2D eigenvalue weighted by molar-refractivity contribution is 9.10. The molecule has 1 N–H and O–H groups in total. The molecule has 0 unspecified atom stereocenters. The normalized spacial score (nSPS) is 10.7. The van der Waals surface area contributed by atoms with Crippen molar-refractivity contribution in [3.05, 3.63) is 82.2 Å². The van der Waals surface area contributed by atoms with E-state index in [1.807, 2.05) is 25.1 Å². The molecule has 0 fully saturated rings. The summed E-state index contributed by atoms with van der Waals surface area (Å²) in [6.07, 6.45) is 2.76. The van der Waals surface area contributed by atoms with Crippen molar-refractivity contribution in [2.75, 3.05) is 6.61 Å². The minimum atomic E-state index is -0.637. The first kappa shape index (κ1) is 20.3. The van der Waals surface area contributed by atoms with Crippen LogP contribution in [-0.4, -0.2) is 24.7 Å². The van der Waals surface area contributed by atoms with E-state index in [9.17, 15) is 9.59 Å². The number of benzene rings is 2. The zero-order valence-electron chi connectivity index (χ0n) is 15.4. The van der Waals surface area contributed by atoms with Crippen LogP contribution in [0.2, 0.25) is 0 Å². The van der Waals surface area contributed by atoms with Crippen LogP contribution >= 0.6 is 15.9 Å². The lowest BCUT2D eigenvalue weighted by atomic mass is 10.2. The van der Waals surface area contributed by atoms with E-state index < -0.39 is 11.9 Å². The van der Waals surface area contributed by atoms with Crippen molar-refractivity contribution in [3.8, 4) is 11.5 Å². The zero-order chi connectivity index (χ0) is 20.6. The molecule has 0 saturated heterocycles. The number of furan rings is 1. The number of carbonyl (C=O) groups is 2. The first-order valence-corrected chi connectivity index (χ1v) is 9.37. The van der Waals surface area contributed by atoms with Crippen LogP contribution in [0, 0.1) is 6.92 Å². The Balaban J connectivity index is 1.60. The molecule has 1 aromatic heterocycles. The van der Waals surface area contributed by atoms with E-state index in [1.54, 1.807) is 30.3 Å². The largest absolute Gasteiger partial charge is 0.484 e. The molecule has 3 rings (SSSR count). The molecule has 0 saturated carbocycles. The smallest absolute Gasteiger partial charge is 0.379 e. The number of halogens is 1. The summed E-state index contributed by atoms with van der Waals surface area (Å²) < 4.78 is 16.5. The van der Waals surface area contributed by atoms with Crippen LogP contribution in [0.5, 0.6) is 11.5 Å². The molecule has 8 heteroatoms. The lowest BCUT2D eigenvalue weighted by Crippen LogP contribution is -2.24. The summed E-state index contributed by atoms with van der Waals surface area (Å²) in [6.45, 7) is 1.76. The molecule has 0 bridgehead atoms. The molecular weight excluding hydrogens is 440 g/mol. The van der Waals surface area contributed by atoms with Gasteiger partial charge in [-0.25, -0.2) is 10.2 Å². The molecule has 0 aliphatic heterocycles. The van der Waals surface area contributed by atoms with Gasteiger partial charge in [0.2, 0.25) is 5.76 Å². The van der Waals surface area contributed by atoms with Crippen LogP contribution in [0.1, 0.15) is 21.7 Å². The van der Waals surface area contributed by atoms with Gasteiger partial charge in [0.25, 0.3) is 5.91 Å². The van der Waals surface area contributed by atoms with Crippen LogP contribution in [0.15, 0.2) is 74.9 Å². The maximum Gasteiger partial charge on any atom is 0.379 e. The summed E-state index contributed by atoms with van der Waals surface area (Å²) in [5, 5.41) is 3.90. The van der Waals surface area contributed by atoms with Crippen molar-refractivity contribution >= 4 is 34.0 Å². The Morgan fingerprint density at radius 2 is 2.03 bits per heavy atom. The van der Waals surface area contributed by atoms with Gasteiger partial charge >= 0.3 is 5.97 Å². The fraction of sp³-hybridized carbons (Fsp3) is 0.0952. The molecule has 29 heavy (non-hydrogen) atoms. The number of esters is 1. The molecule has 3 aromatic rings. The predicted molar refractivity (Wildman–Crippen MR) is 110 cm³/mol. The monoisotopic (exact) mass is 456 g/mol. The van der Waals surface area contributed by atoms with Gasteiger partial charge in [0.05, 0.1) is 12.5 Å². The van der Waals surface area contributed by atoms with Gasteiger partial charge in [0.1, 0.15) is 11.5 Å². The molecule has 148 valence electrons. The number of hydrazone groups is 1. The standard InChI is InChI=1S/C21H17BrN2O5/c1-14-4-2-5-17(10-14)28-13-20(25)24-23-12-15-11-16(22)7-8-18(15)29-21(26)19-6-3-9-27-19/h2-12H,13H2,1H3,(H,24,25). The third-order valence-electron chi connectivity index (χ3n) is 3.65. The highest BCUT2D eigenvalue weighted by Crippen LogP contribution is 2.23. The summed E-state index contributed by atoms with van der Waals surface area (Å²) in [5.41, 5.74) is 3.89. The SMILES string of the molecule is Cc1cccc(OCC(=O)NN=Cc2cc(Br)ccc2OC(=O)c2ccco2)c1. The minimum Gasteiger partial charge on any atom is -0.484 e. The fourth-order valence-electron chi connectivity index (χ4n) is 2.32. The second-order valence-corrected chi connectivity index (χ2v) is 6.86. The second kappa shape index (κ2) is 9.70. The number of rotatable bonds is 7. The van der Waals surface area contributed by atoms with E-state index >= 15 is 0 Å². The summed E-state index contributed by atoms with van der Waals surface area (Å²) >= 11 is 3.35. The van der Waals surface area contributed by atoms with E-state index in [1.165, 1.54) is 18.5 Å². The minimum absolute atomic E-state index is 0.0809. The summed E-state index contributed by atoms with van der Waals surface area (Å²) in [6, 6.07) is 15.5. The molecule has 0 radical (unpaired) electrons. The average molecular weight is 457 g/mol. The number of carbonyl (C=O) groups excluding carboxylic acids is 2. The van der Waals surface area contributed by atoms with Crippen molar-refractivity contribution in [2.45, 2.75) is 6.92 Å². The van der Waals surface area contributed by atoms with E-state index in [0.29, 0.717) is 11.3 Å². The molecular formula is C21H17BrN2O5. The third-order valence-corrected chi connectivity index (χ3v) is 4.14. The number of amides is 1. The zero-order valence-corrected chi connectivity index (χ0v) is 17.0. The molecule has 2 aromatic carbocycles. The molecule has 7 nitrogen and oxygen atoms in total. The fourth-order valence-corrected chi connectivity index (χ4v) is 2.70. The number of aryl methyl sites for hydroxylation is 1. The molecule has 1 heterocycles. The van der Waals surface area contributed by atoms with Gasteiger partial charge in [-0.15, -0.1) is 0 Å². The Labute approximate surface area is 175 Å². The maximum absolute atomic E-state index is 12.1. The Bertz CT molecular complexity index is 1030. The first-order chi connectivity index (χ1) is 14.0. The van der Waals surface area contributed by atoms with Gasteiger partial charge in [0, 0.05) is 10.0 Å². The molecule has 0 spiro atoms. The van der Waals surface area contributed by atoms with Crippen molar-refractivity contribution < 1.29 is 23.5 Å². The van der Waals surface area contributed by atoms with Gasteiger partial charge in [-0.05, 0) is 55.0 Å². The number of hydrogen-bond donors (Lipinski definition) is 1. The number of ether oxygens (including phenoxy) is 2. The Hall–Kier alpha value is -3.39. The summed E-state index contributed by atoms with van der Waals surface area (Å²) in [4.78, 5) is 24.0. The number of hydrogen-bond acceptors (Lipinski definition) is 6. The highest BCUT2D eigenvalue weighted by Gasteiger charge is 2.14. The third kappa shape index (κ3) is 6.05. The van der Waals surface area contributed by atoms with Crippen molar-refractivity contribution in [1.29, 1.82) is 0 Å². The number of nitrogens with one attached hydrogen (secondary N) is 1. The van der Waals surface area contributed by atoms with Crippen molar-refractivity contribution in [3.63, 3.8) is 0 Å². The quantitative estimate of drug-likeness (QED) is 0.250. The van der Waals surface area contributed by atoms with Crippen LogP contribution < -0.4 is 14.9 Å². The molecule has 1 amide bonds. The van der Waals surface area contributed by atoms with Crippen LogP contribution in [-0.2, 0) is 4.79 Å². The Morgan fingerprint density at radius 3 is 2.79 bits per heavy atom. The highest BCUT2D eigenvalue weighted by atomic mass is 79.9. The first-order valence-electron chi connectivity index (χ1n) is 8.58. The van der Waals surface area contributed by atoms with Crippen LogP contribution in [0.4, 0.5) is 0 Å². The van der Waals surface area contributed by atoms with Gasteiger partial charge in [0.15, 0.2) is 6.61 Å². The summed E-state index contributed by atoms with van der Waals surface area (Å²) in [5.74, 6) is -0.112. The van der Waals surface area contributed by atoms with Gasteiger partial charge in [-0.3, -0.25) is 4.79 Å². The molecule has 0 atom stereocenters. The maximum atomic E-state index is 12.1. The lowest BCUT2D eigenvalue weighted by molar-refractivity contribution is -0.123. The lowest BCUT2D eigenvalue weighted by Gasteiger charge is -2.07. The van der Waals surface area contributed by atoms with Crippen LogP contribution in [0.25, 0.3) is 0 Å². The van der Waals surface area contributed by atoms with Gasteiger partial charge in [-0.2, -0.15) is 5.10 Å². The van der Waals surface area contributed by atoms with E-state index in [4.69, 9.17) is 13.9 Å². The molecule has 0 aliphatic rings. The number of nitrogens with zero attached hydrogens (tertiary/aromatic N) is 1. The van der Waals surface area contributed by atoms with Gasteiger partial charge in [-0.1, -0.05) is 28.1 Å². The Morgan fingerprint density at radius 1 is 1.17 bits per heavy atom. The molecule has 0 aliphatic carbocycles. The van der Waals surface area contributed by atoms with E-state index in [-0.39, 0.29) is 18.1 Å².